The largest absolute Gasteiger partial charge is 0.504 e. The molecule has 2 aromatic carbocycles. The van der Waals surface area contributed by atoms with E-state index in [0.29, 0.717) is 37.1 Å². The number of amides is 1. The third kappa shape index (κ3) is 3.49. The van der Waals surface area contributed by atoms with Crippen LogP contribution >= 0.6 is 11.6 Å². The van der Waals surface area contributed by atoms with Gasteiger partial charge in [0, 0.05) is 23.7 Å². The van der Waals surface area contributed by atoms with Crippen molar-refractivity contribution >= 4 is 17.5 Å². The molecule has 0 aromatic heterocycles. The van der Waals surface area contributed by atoms with Crippen LogP contribution in [0.4, 0.5) is 0 Å². The van der Waals surface area contributed by atoms with Crippen LogP contribution in [0.1, 0.15) is 25.3 Å². The van der Waals surface area contributed by atoms with Gasteiger partial charge in [-0.15, -0.1) is 0 Å². The minimum Gasteiger partial charge on any atom is -0.504 e. The van der Waals surface area contributed by atoms with Crippen molar-refractivity contribution in [1.29, 1.82) is 0 Å². The molecule has 5 nitrogen and oxygen atoms in total. The van der Waals surface area contributed by atoms with Crippen molar-refractivity contribution in [3.8, 4) is 22.6 Å². The topological polar surface area (TPSA) is 59.0 Å². The van der Waals surface area contributed by atoms with Gasteiger partial charge in [-0.2, -0.15) is 0 Å². The number of nitrogens with zero attached hydrogens (tertiary/aromatic N) is 1. The number of aromatic hydroxyl groups is 1. The molecule has 1 atom stereocenters. The summed E-state index contributed by atoms with van der Waals surface area (Å²) >= 11 is 6.10. The Morgan fingerprint density at radius 2 is 2.07 bits per heavy atom. The molecule has 2 heterocycles. The van der Waals surface area contributed by atoms with Crippen molar-refractivity contribution in [3.63, 3.8) is 0 Å². The van der Waals surface area contributed by atoms with Crippen molar-refractivity contribution in [3.05, 3.63) is 47.0 Å². The van der Waals surface area contributed by atoms with Crippen LogP contribution in [-0.2, 0) is 16.1 Å². The summed E-state index contributed by atoms with van der Waals surface area (Å²) in [5.74, 6) is 0.484. The molecule has 1 amide bonds. The summed E-state index contributed by atoms with van der Waals surface area (Å²) < 4.78 is 11.5. The van der Waals surface area contributed by atoms with Crippen molar-refractivity contribution in [2.75, 3.05) is 19.8 Å². The summed E-state index contributed by atoms with van der Waals surface area (Å²) in [4.78, 5) is 14.8. The van der Waals surface area contributed by atoms with Crippen molar-refractivity contribution in [2.24, 2.45) is 0 Å². The number of hydrogen-bond acceptors (Lipinski definition) is 4. The zero-order chi connectivity index (χ0) is 19.0. The lowest BCUT2D eigenvalue weighted by Crippen LogP contribution is -2.47. The van der Waals surface area contributed by atoms with Crippen molar-refractivity contribution in [1.82, 2.24) is 4.90 Å². The summed E-state index contributed by atoms with van der Waals surface area (Å²) in [6.45, 7) is 3.63. The van der Waals surface area contributed by atoms with E-state index in [1.54, 1.807) is 17.0 Å². The molecule has 0 unspecified atom stereocenters. The van der Waals surface area contributed by atoms with Crippen LogP contribution in [0.3, 0.4) is 0 Å². The molecule has 4 rings (SSSR count). The maximum absolute atomic E-state index is 13.0. The minimum atomic E-state index is -0.767. The van der Waals surface area contributed by atoms with Crippen LogP contribution in [0, 0.1) is 0 Å². The predicted molar refractivity (Wildman–Crippen MR) is 103 cm³/mol. The number of fused-ring (bicyclic) bond motifs is 1. The van der Waals surface area contributed by atoms with E-state index in [1.807, 2.05) is 31.2 Å². The maximum Gasteiger partial charge on any atom is 0.254 e. The second kappa shape index (κ2) is 7.06. The lowest BCUT2D eigenvalue weighted by Gasteiger charge is -2.30. The van der Waals surface area contributed by atoms with Gasteiger partial charge in [0.05, 0.1) is 6.54 Å². The first-order valence-electron chi connectivity index (χ1n) is 9.14. The average molecular weight is 388 g/mol. The van der Waals surface area contributed by atoms with E-state index in [1.165, 1.54) is 0 Å². The summed E-state index contributed by atoms with van der Waals surface area (Å²) in [5, 5.41) is 11.1. The Morgan fingerprint density at radius 3 is 2.81 bits per heavy atom. The highest BCUT2D eigenvalue weighted by Gasteiger charge is 2.41. The highest BCUT2D eigenvalue weighted by molar-refractivity contribution is 6.30. The van der Waals surface area contributed by atoms with Gasteiger partial charge in [-0.3, -0.25) is 4.79 Å². The summed E-state index contributed by atoms with van der Waals surface area (Å²) in [5.41, 5.74) is 1.73. The molecule has 2 aliphatic rings. The van der Waals surface area contributed by atoms with Gasteiger partial charge in [0.2, 0.25) is 0 Å². The molecule has 0 radical (unpaired) electrons. The number of carbonyl (C=O) groups excluding carboxylic acids is 1. The van der Waals surface area contributed by atoms with Gasteiger partial charge in [0.15, 0.2) is 11.5 Å². The zero-order valence-corrected chi connectivity index (χ0v) is 16.0. The molecule has 0 spiro atoms. The van der Waals surface area contributed by atoms with E-state index in [0.717, 1.165) is 29.5 Å². The number of phenols is 1. The SMILES string of the molecule is C[C@@]1(C(=O)N2CCOc3c(O)cc(-c4cccc(Cl)c4)cc3C2)CCCO1. The fourth-order valence-electron chi connectivity index (χ4n) is 3.79. The average Bonchev–Trinajstić information content (AvgIpc) is 2.98. The number of benzene rings is 2. The number of hydrogen-bond donors (Lipinski definition) is 1. The number of halogens is 1. The Labute approximate surface area is 163 Å². The van der Waals surface area contributed by atoms with Gasteiger partial charge < -0.3 is 19.5 Å². The number of ether oxygens (including phenoxy) is 2. The lowest BCUT2D eigenvalue weighted by molar-refractivity contribution is -0.151. The van der Waals surface area contributed by atoms with Gasteiger partial charge in [0.25, 0.3) is 5.91 Å². The Kier molecular flexibility index (Phi) is 4.74. The molecule has 142 valence electrons. The molecule has 0 bridgehead atoms. The molecule has 1 N–H and O–H groups in total. The molecule has 1 fully saturated rings. The van der Waals surface area contributed by atoms with Crippen LogP contribution in [0.15, 0.2) is 36.4 Å². The fourth-order valence-corrected chi connectivity index (χ4v) is 3.98. The molecule has 0 aliphatic carbocycles. The quantitative estimate of drug-likeness (QED) is 0.846. The predicted octanol–water partition coefficient (Wildman–Crippen LogP) is 4.00. The summed E-state index contributed by atoms with van der Waals surface area (Å²) in [7, 11) is 0. The Bertz CT molecular complexity index is 876. The molecule has 27 heavy (non-hydrogen) atoms. The Balaban J connectivity index is 1.68. The van der Waals surface area contributed by atoms with E-state index in [9.17, 15) is 9.90 Å². The number of carbonyl (C=O) groups is 1. The minimum absolute atomic E-state index is 0.0240. The summed E-state index contributed by atoms with van der Waals surface area (Å²) in [6.07, 6.45) is 1.62. The van der Waals surface area contributed by atoms with E-state index < -0.39 is 5.60 Å². The number of rotatable bonds is 2. The fraction of sp³-hybridized carbons (Fsp3) is 0.381. The van der Waals surface area contributed by atoms with Crippen LogP contribution < -0.4 is 4.74 Å². The van der Waals surface area contributed by atoms with E-state index in [-0.39, 0.29) is 11.7 Å². The standard InChI is InChI=1S/C21H22ClNO4/c1-21(6-3-8-27-21)20(25)23-7-9-26-19-16(13-23)10-15(12-18(19)24)14-4-2-5-17(22)11-14/h2,4-5,10-12,24H,3,6-9,13H2,1H3/t21-/m0/s1. The van der Waals surface area contributed by atoms with Crippen LogP contribution in [-0.4, -0.2) is 41.3 Å². The van der Waals surface area contributed by atoms with E-state index in [2.05, 4.69) is 0 Å². The van der Waals surface area contributed by atoms with E-state index in [4.69, 9.17) is 21.1 Å². The molecule has 0 saturated carbocycles. The second-order valence-electron chi connectivity index (χ2n) is 7.25. The van der Waals surface area contributed by atoms with Gasteiger partial charge in [0.1, 0.15) is 12.2 Å². The van der Waals surface area contributed by atoms with E-state index >= 15 is 0 Å². The zero-order valence-electron chi connectivity index (χ0n) is 15.2. The number of phenolic OH excluding ortho intramolecular Hbond substituents is 1. The molecule has 1 saturated heterocycles. The summed E-state index contributed by atoms with van der Waals surface area (Å²) in [6, 6.07) is 11.1. The highest BCUT2D eigenvalue weighted by Crippen LogP contribution is 2.39. The maximum atomic E-state index is 13.0. The Hall–Kier alpha value is -2.24. The first kappa shape index (κ1) is 18.1. The first-order valence-corrected chi connectivity index (χ1v) is 9.52. The van der Waals surface area contributed by atoms with Gasteiger partial charge >= 0.3 is 0 Å². The van der Waals surface area contributed by atoms with Gasteiger partial charge in [-0.1, -0.05) is 23.7 Å². The molecule has 6 heteroatoms. The van der Waals surface area contributed by atoms with Crippen LogP contribution in [0.25, 0.3) is 11.1 Å². The third-order valence-electron chi connectivity index (χ3n) is 5.23. The molecule has 2 aliphatic heterocycles. The van der Waals surface area contributed by atoms with Crippen LogP contribution in [0.2, 0.25) is 5.02 Å². The van der Waals surface area contributed by atoms with Crippen LogP contribution in [0.5, 0.6) is 11.5 Å². The third-order valence-corrected chi connectivity index (χ3v) is 5.47. The molecular weight excluding hydrogens is 366 g/mol. The monoisotopic (exact) mass is 387 g/mol. The second-order valence-corrected chi connectivity index (χ2v) is 7.69. The van der Waals surface area contributed by atoms with Crippen molar-refractivity contribution in [2.45, 2.75) is 31.9 Å². The molecule has 2 aromatic rings. The highest BCUT2D eigenvalue weighted by atomic mass is 35.5. The lowest BCUT2D eigenvalue weighted by atomic mass is 9.99. The van der Waals surface area contributed by atoms with Gasteiger partial charge in [-0.25, -0.2) is 0 Å². The van der Waals surface area contributed by atoms with Gasteiger partial charge in [-0.05, 0) is 55.2 Å². The van der Waals surface area contributed by atoms with Crippen molar-refractivity contribution < 1.29 is 19.4 Å². The smallest absolute Gasteiger partial charge is 0.254 e. The normalized spacial score (nSPS) is 22.1. The molecular formula is C21H22ClNO4. The Morgan fingerprint density at radius 1 is 1.22 bits per heavy atom. The first-order chi connectivity index (χ1) is 13.0.